The lowest BCUT2D eigenvalue weighted by molar-refractivity contribution is -0.142. The van der Waals surface area contributed by atoms with Gasteiger partial charge in [-0.2, -0.15) is 0 Å². The predicted molar refractivity (Wildman–Crippen MR) is 168 cm³/mol. The van der Waals surface area contributed by atoms with E-state index in [9.17, 15) is 14.4 Å². The largest absolute Gasteiger partial charge is 0.436 e. The molecule has 2 aromatic carbocycles. The number of rotatable bonds is 6. The first-order valence-electron chi connectivity index (χ1n) is 15.7. The lowest BCUT2D eigenvalue weighted by Gasteiger charge is -2.39. The van der Waals surface area contributed by atoms with Gasteiger partial charge in [0.15, 0.2) is 6.10 Å². The Bertz CT molecular complexity index is 1300. The molecule has 0 radical (unpaired) electrons. The van der Waals surface area contributed by atoms with Gasteiger partial charge in [0.2, 0.25) is 0 Å². The third-order valence-electron chi connectivity index (χ3n) is 9.74. The van der Waals surface area contributed by atoms with Crippen LogP contribution in [0.25, 0.3) is 0 Å². The summed E-state index contributed by atoms with van der Waals surface area (Å²) in [5, 5.41) is 3.05. The van der Waals surface area contributed by atoms with Crippen molar-refractivity contribution in [2.75, 3.05) is 52.1 Å². The zero-order chi connectivity index (χ0) is 30.7. The van der Waals surface area contributed by atoms with Crippen molar-refractivity contribution in [3.8, 4) is 0 Å². The molecule has 0 unspecified atom stereocenters. The Balaban J connectivity index is 1.23. The van der Waals surface area contributed by atoms with E-state index < -0.39 is 12.2 Å². The van der Waals surface area contributed by atoms with Crippen LogP contribution in [0.15, 0.2) is 36.4 Å². The molecule has 2 saturated heterocycles. The van der Waals surface area contributed by atoms with E-state index in [0.717, 1.165) is 36.1 Å². The van der Waals surface area contributed by atoms with Crippen LogP contribution in [-0.4, -0.2) is 103 Å². The molecule has 9 nitrogen and oxygen atoms in total. The normalized spacial score (nSPS) is 19.1. The number of anilines is 1. The Kier molecular flexibility index (Phi) is 9.59. The average molecular weight is 590 g/mol. The maximum atomic E-state index is 13.8. The van der Waals surface area contributed by atoms with E-state index in [2.05, 4.69) is 63.3 Å². The summed E-state index contributed by atoms with van der Waals surface area (Å²) in [6.45, 7) is 9.19. The molecule has 232 valence electrons. The zero-order valence-corrected chi connectivity index (χ0v) is 26.4. The number of benzene rings is 2. The van der Waals surface area contributed by atoms with Gasteiger partial charge in [-0.15, -0.1) is 0 Å². The summed E-state index contributed by atoms with van der Waals surface area (Å²) < 4.78 is 6.05. The van der Waals surface area contributed by atoms with Crippen LogP contribution in [0.5, 0.6) is 0 Å². The van der Waals surface area contributed by atoms with Crippen LogP contribution < -0.4 is 5.32 Å². The van der Waals surface area contributed by atoms with Gasteiger partial charge >= 0.3 is 12.1 Å². The molecule has 43 heavy (non-hydrogen) atoms. The molecule has 0 aliphatic carbocycles. The van der Waals surface area contributed by atoms with E-state index in [4.69, 9.17) is 4.74 Å². The number of carbonyl (C=O) groups is 3. The summed E-state index contributed by atoms with van der Waals surface area (Å²) in [7, 11) is 4.16. The molecule has 0 aromatic heterocycles. The van der Waals surface area contributed by atoms with Crippen LogP contribution in [0, 0.1) is 20.8 Å². The van der Waals surface area contributed by atoms with E-state index in [1.54, 1.807) is 4.90 Å². The summed E-state index contributed by atoms with van der Waals surface area (Å²) in [5.41, 5.74) is 6.58. The summed E-state index contributed by atoms with van der Waals surface area (Å²) in [6, 6.07) is 12.5. The van der Waals surface area contributed by atoms with Crippen molar-refractivity contribution < 1.29 is 19.1 Å². The second-order valence-corrected chi connectivity index (χ2v) is 12.7. The summed E-state index contributed by atoms with van der Waals surface area (Å²) in [5.74, 6) is -0.114. The molecule has 9 heteroatoms. The Morgan fingerprint density at radius 1 is 0.930 bits per heavy atom. The first-order chi connectivity index (χ1) is 20.6. The molecule has 0 spiro atoms. The molecule has 4 amide bonds. The van der Waals surface area contributed by atoms with Crippen LogP contribution in [0.2, 0.25) is 0 Å². The smallest absolute Gasteiger partial charge is 0.410 e. The molecule has 1 atom stereocenters. The monoisotopic (exact) mass is 589 g/mol. The van der Waals surface area contributed by atoms with Crippen LogP contribution >= 0.6 is 0 Å². The SMILES string of the molecule is Cc1cc(C[C@@H](OC(=O)N2CCC(N3CCc4ccccc4NC3=O)CC2)C(=O)N2CCC(N(C)C)CC2)cc(C)c1C. The van der Waals surface area contributed by atoms with E-state index >= 15 is 0 Å². The number of para-hydroxylation sites is 1. The summed E-state index contributed by atoms with van der Waals surface area (Å²) >= 11 is 0. The van der Waals surface area contributed by atoms with Gasteiger partial charge in [-0.3, -0.25) is 4.79 Å². The molecule has 0 bridgehead atoms. The van der Waals surface area contributed by atoms with Crippen molar-refractivity contribution in [3.05, 3.63) is 64.2 Å². The van der Waals surface area contributed by atoms with Crippen molar-refractivity contribution in [1.29, 1.82) is 0 Å². The Morgan fingerprint density at radius 3 is 2.21 bits per heavy atom. The number of piperidine rings is 2. The number of urea groups is 1. The molecular weight excluding hydrogens is 542 g/mol. The number of amides is 4. The molecular formula is C34H47N5O4. The lowest BCUT2D eigenvalue weighted by Crippen LogP contribution is -2.52. The van der Waals surface area contributed by atoms with Crippen molar-refractivity contribution in [2.24, 2.45) is 0 Å². The van der Waals surface area contributed by atoms with Gasteiger partial charge in [0.05, 0.1) is 0 Å². The number of nitrogens with one attached hydrogen (secondary N) is 1. The minimum absolute atomic E-state index is 0.0484. The number of fused-ring (bicyclic) bond motifs is 1. The molecule has 3 aliphatic rings. The number of likely N-dealkylation sites (tertiary alicyclic amines) is 2. The Morgan fingerprint density at radius 2 is 1.56 bits per heavy atom. The second-order valence-electron chi connectivity index (χ2n) is 12.7. The Hall–Kier alpha value is -3.59. The standard InChI is InChI=1S/C34H47N5O4/c1-23-20-26(21-24(2)25(23)3)22-31(32(40)37-15-11-28(12-16-37)36(4)5)43-34(42)38-17-13-29(14-18-38)39-19-10-27-8-6-7-9-30(27)35-33(39)41/h6-9,20-21,28-29,31H,10-19,22H2,1-5H3,(H,35,41)/t31-/m1/s1. The van der Waals surface area contributed by atoms with Gasteiger partial charge in [-0.05, 0) is 101 Å². The molecule has 5 rings (SSSR count). The van der Waals surface area contributed by atoms with Crippen LogP contribution in [0.3, 0.4) is 0 Å². The van der Waals surface area contributed by atoms with Crippen molar-refractivity contribution in [1.82, 2.24) is 19.6 Å². The van der Waals surface area contributed by atoms with E-state index in [0.29, 0.717) is 58.0 Å². The second kappa shape index (κ2) is 13.4. The van der Waals surface area contributed by atoms with Crippen molar-refractivity contribution in [3.63, 3.8) is 0 Å². The van der Waals surface area contributed by atoms with Crippen LogP contribution in [0.4, 0.5) is 15.3 Å². The highest BCUT2D eigenvalue weighted by Crippen LogP contribution is 2.26. The molecule has 3 heterocycles. The van der Waals surface area contributed by atoms with E-state index in [1.165, 1.54) is 16.7 Å². The maximum absolute atomic E-state index is 13.8. The minimum atomic E-state index is -0.877. The van der Waals surface area contributed by atoms with Gasteiger partial charge in [0, 0.05) is 56.9 Å². The van der Waals surface area contributed by atoms with Gasteiger partial charge < -0.3 is 29.7 Å². The van der Waals surface area contributed by atoms with Gasteiger partial charge in [0.1, 0.15) is 0 Å². The molecule has 0 saturated carbocycles. The number of carbonyl (C=O) groups excluding carboxylic acids is 3. The third-order valence-corrected chi connectivity index (χ3v) is 9.74. The lowest BCUT2D eigenvalue weighted by atomic mass is 9.96. The fourth-order valence-electron chi connectivity index (χ4n) is 6.74. The summed E-state index contributed by atoms with van der Waals surface area (Å²) in [4.78, 5) is 48.0. The predicted octanol–water partition coefficient (Wildman–Crippen LogP) is 4.77. The highest BCUT2D eigenvalue weighted by atomic mass is 16.6. The molecule has 1 N–H and O–H groups in total. The quantitative estimate of drug-likeness (QED) is 0.525. The first kappa shape index (κ1) is 30.9. The first-order valence-corrected chi connectivity index (χ1v) is 15.7. The van der Waals surface area contributed by atoms with Crippen LogP contribution in [0.1, 0.15) is 53.5 Å². The van der Waals surface area contributed by atoms with Crippen molar-refractivity contribution in [2.45, 2.75) is 77.5 Å². The van der Waals surface area contributed by atoms with Gasteiger partial charge in [-0.1, -0.05) is 30.3 Å². The molecule has 2 aromatic rings. The minimum Gasteiger partial charge on any atom is -0.436 e. The van der Waals surface area contributed by atoms with Crippen LogP contribution in [-0.2, 0) is 22.4 Å². The maximum Gasteiger partial charge on any atom is 0.410 e. The number of hydrogen-bond donors (Lipinski definition) is 1. The average Bonchev–Trinajstić information content (AvgIpc) is 3.17. The van der Waals surface area contributed by atoms with Gasteiger partial charge in [-0.25, -0.2) is 9.59 Å². The fourth-order valence-corrected chi connectivity index (χ4v) is 6.74. The van der Waals surface area contributed by atoms with Crippen molar-refractivity contribution >= 4 is 23.7 Å². The highest BCUT2D eigenvalue weighted by Gasteiger charge is 2.35. The zero-order valence-electron chi connectivity index (χ0n) is 26.4. The number of ether oxygens (including phenoxy) is 1. The topological polar surface area (TPSA) is 85.4 Å². The summed E-state index contributed by atoms with van der Waals surface area (Å²) in [6.07, 6.45) is 2.98. The molecule has 3 aliphatic heterocycles. The van der Waals surface area contributed by atoms with E-state index in [1.807, 2.05) is 28.0 Å². The fraction of sp³-hybridized carbons (Fsp3) is 0.559. The van der Waals surface area contributed by atoms with E-state index in [-0.39, 0.29) is 18.0 Å². The number of nitrogens with zero attached hydrogens (tertiary/aromatic N) is 4. The third kappa shape index (κ3) is 7.15. The highest BCUT2D eigenvalue weighted by molar-refractivity contribution is 5.91. The van der Waals surface area contributed by atoms with Gasteiger partial charge in [0.25, 0.3) is 5.91 Å². The number of aryl methyl sites for hydroxylation is 2. The number of hydrogen-bond acceptors (Lipinski definition) is 5. The molecule has 2 fully saturated rings. The Labute approximate surface area is 256 Å².